The summed E-state index contributed by atoms with van der Waals surface area (Å²) in [7, 11) is 3.39. The van der Waals surface area contributed by atoms with Gasteiger partial charge in [0, 0.05) is 27.3 Å². The van der Waals surface area contributed by atoms with Crippen LogP contribution in [-0.4, -0.2) is 60.3 Å². The summed E-state index contributed by atoms with van der Waals surface area (Å²) >= 11 is 0. The summed E-state index contributed by atoms with van der Waals surface area (Å²) in [5, 5.41) is 5.45. The topological polar surface area (TPSA) is 65.3 Å². The Kier molecular flexibility index (Phi) is 5.57. The molecule has 0 aliphatic heterocycles. The van der Waals surface area contributed by atoms with Crippen molar-refractivity contribution >= 4 is 16.9 Å². The summed E-state index contributed by atoms with van der Waals surface area (Å²) in [5.41, 5.74) is 2.95. The van der Waals surface area contributed by atoms with Crippen LogP contribution in [0.5, 0.6) is 0 Å². The van der Waals surface area contributed by atoms with E-state index in [0.717, 1.165) is 35.6 Å². The maximum absolute atomic E-state index is 5.23. The van der Waals surface area contributed by atoms with Gasteiger partial charge in [0.05, 0.1) is 30.5 Å². The largest absolute Gasteiger partial charge is 0.383 e. The number of fused-ring (bicyclic) bond motifs is 1. The van der Waals surface area contributed by atoms with Crippen molar-refractivity contribution in [1.82, 2.24) is 19.7 Å². The Morgan fingerprint density at radius 3 is 2.52 bits per heavy atom. The standard InChI is InChI=1S/C18H23N5O2/c1-14-5-4-6-15(11-14)23-18-16(12-21-23)17(19-13-20-18)22(7-9-24-2)8-10-25-3/h4-6,11-13H,7-10H2,1-3H3. The van der Waals surface area contributed by atoms with E-state index in [1.807, 2.05) is 23.0 Å². The highest BCUT2D eigenvalue weighted by Crippen LogP contribution is 2.24. The van der Waals surface area contributed by atoms with E-state index in [1.165, 1.54) is 5.56 Å². The van der Waals surface area contributed by atoms with Crippen molar-refractivity contribution in [2.75, 3.05) is 45.4 Å². The van der Waals surface area contributed by atoms with Crippen molar-refractivity contribution in [3.63, 3.8) is 0 Å². The molecule has 0 spiro atoms. The van der Waals surface area contributed by atoms with Gasteiger partial charge in [-0.1, -0.05) is 12.1 Å². The SMILES string of the molecule is COCCN(CCOC)c1ncnc2c1cnn2-c1cccc(C)c1. The van der Waals surface area contributed by atoms with E-state index in [2.05, 4.69) is 39.0 Å². The maximum atomic E-state index is 5.23. The molecule has 1 aromatic carbocycles. The van der Waals surface area contributed by atoms with Gasteiger partial charge in [0.25, 0.3) is 0 Å². The first-order valence-electron chi connectivity index (χ1n) is 8.23. The lowest BCUT2D eigenvalue weighted by Gasteiger charge is -2.23. The predicted octanol–water partition coefficient (Wildman–Crippen LogP) is 2.22. The van der Waals surface area contributed by atoms with Gasteiger partial charge in [0.1, 0.15) is 12.1 Å². The number of nitrogens with zero attached hydrogens (tertiary/aromatic N) is 5. The summed E-state index contributed by atoms with van der Waals surface area (Å²) < 4.78 is 12.3. The highest BCUT2D eigenvalue weighted by Gasteiger charge is 2.16. The van der Waals surface area contributed by atoms with Crippen LogP contribution in [0.15, 0.2) is 36.8 Å². The van der Waals surface area contributed by atoms with Crippen LogP contribution in [0, 0.1) is 6.92 Å². The van der Waals surface area contributed by atoms with Crippen molar-refractivity contribution in [3.05, 3.63) is 42.4 Å². The molecule has 0 bridgehead atoms. The normalized spacial score (nSPS) is 11.2. The molecule has 0 aliphatic rings. The van der Waals surface area contributed by atoms with E-state index in [9.17, 15) is 0 Å². The molecule has 0 fully saturated rings. The van der Waals surface area contributed by atoms with E-state index in [4.69, 9.17) is 9.47 Å². The molecule has 0 amide bonds. The third kappa shape index (κ3) is 3.78. The van der Waals surface area contributed by atoms with E-state index >= 15 is 0 Å². The molecule has 0 radical (unpaired) electrons. The van der Waals surface area contributed by atoms with Crippen LogP contribution < -0.4 is 4.90 Å². The van der Waals surface area contributed by atoms with Gasteiger partial charge >= 0.3 is 0 Å². The fraction of sp³-hybridized carbons (Fsp3) is 0.389. The number of rotatable bonds is 8. The molecule has 7 nitrogen and oxygen atoms in total. The van der Waals surface area contributed by atoms with Gasteiger partial charge in [-0.2, -0.15) is 5.10 Å². The Labute approximate surface area is 147 Å². The van der Waals surface area contributed by atoms with Crippen LogP contribution in [0.2, 0.25) is 0 Å². The minimum Gasteiger partial charge on any atom is -0.383 e. The smallest absolute Gasteiger partial charge is 0.168 e. The monoisotopic (exact) mass is 341 g/mol. The average molecular weight is 341 g/mol. The quantitative estimate of drug-likeness (QED) is 0.626. The Morgan fingerprint density at radius 1 is 1.08 bits per heavy atom. The first kappa shape index (κ1) is 17.3. The lowest BCUT2D eigenvalue weighted by atomic mass is 10.2. The maximum Gasteiger partial charge on any atom is 0.168 e. The van der Waals surface area contributed by atoms with Crippen molar-refractivity contribution in [2.45, 2.75) is 6.92 Å². The van der Waals surface area contributed by atoms with Crippen molar-refractivity contribution < 1.29 is 9.47 Å². The Bertz CT molecular complexity index is 825. The van der Waals surface area contributed by atoms with Crippen molar-refractivity contribution in [1.29, 1.82) is 0 Å². The van der Waals surface area contributed by atoms with Gasteiger partial charge in [-0.3, -0.25) is 0 Å². The summed E-state index contributed by atoms with van der Waals surface area (Å²) in [6.45, 7) is 4.73. The minimum absolute atomic E-state index is 0.612. The minimum atomic E-state index is 0.612. The zero-order valence-electron chi connectivity index (χ0n) is 14.8. The number of hydrogen-bond donors (Lipinski definition) is 0. The molecule has 0 saturated heterocycles. The zero-order valence-corrected chi connectivity index (χ0v) is 14.8. The first-order chi connectivity index (χ1) is 12.2. The Hall–Kier alpha value is -2.51. The van der Waals surface area contributed by atoms with Gasteiger partial charge in [0.15, 0.2) is 5.65 Å². The van der Waals surface area contributed by atoms with E-state index < -0.39 is 0 Å². The molecule has 0 unspecified atom stereocenters. The summed E-state index contributed by atoms with van der Waals surface area (Å²) in [4.78, 5) is 11.1. The molecule has 7 heteroatoms. The second kappa shape index (κ2) is 8.04. The summed E-state index contributed by atoms with van der Waals surface area (Å²) in [6.07, 6.45) is 3.40. The third-order valence-corrected chi connectivity index (χ3v) is 4.02. The number of benzene rings is 1. The fourth-order valence-electron chi connectivity index (χ4n) is 2.76. The Balaban J connectivity index is 2.02. The van der Waals surface area contributed by atoms with Gasteiger partial charge in [-0.15, -0.1) is 0 Å². The third-order valence-electron chi connectivity index (χ3n) is 4.02. The van der Waals surface area contributed by atoms with Gasteiger partial charge in [-0.05, 0) is 24.6 Å². The first-order valence-corrected chi connectivity index (χ1v) is 8.23. The number of anilines is 1. The van der Waals surface area contributed by atoms with Crippen LogP contribution in [0.3, 0.4) is 0 Å². The number of methoxy groups -OCH3 is 2. The zero-order chi connectivity index (χ0) is 17.6. The number of aromatic nitrogens is 4. The lowest BCUT2D eigenvalue weighted by molar-refractivity contribution is 0.190. The molecular weight excluding hydrogens is 318 g/mol. The number of ether oxygens (including phenoxy) is 2. The molecule has 2 aromatic heterocycles. The number of hydrogen-bond acceptors (Lipinski definition) is 6. The molecule has 0 N–H and O–H groups in total. The highest BCUT2D eigenvalue weighted by atomic mass is 16.5. The molecule has 0 aliphatic carbocycles. The second-order valence-corrected chi connectivity index (χ2v) is 5.80. The van der Waals surface area contributed by atoms with E-state index in [1.54, 1.807) is 20.5 Å². The molecule has 0 saturated carbocycles. The fourth-order valence-corrected chi connectivity index (χ4v) is 2.76. The summed E-state index contributed by atoms with van der Waals surface area (Å²) in [5.74, 6) is 0.845. The van der Waals surface area contributed by atoms with Crippen LogP contribution >= 0.6 is 0 Å². The van der Waals surface area contributed by atoms with Gasteiger partial charge < -0.3 is 14.4 Å². The molecule has 132 valence electrons. The molecule has 3 rings (SSSR count). The lowest BCUT2D eigenvalue weighted by Crippen LogP contribution is -2.31. The molecule has 2 heterocycles. The second-order valence-electron chi connectivity index (χ2n) is 5.80. The predicted molar refractivity (Wildman–Crippen MR) is 97.4 cm³/mol. The molecular formula is C18H23N5O2. The Morgan fingerprint density at radius 2 is 1.84 bits per heavy atom. The number of aryl methyl sites for hydroxylation is 1. The van der Waals surface area contributed by atoms with Crippen LogP contribution in [-0.2, 0) is 9.47 Å². The highest BCUT2D eigenvalue weighted by molar-refractivity contribution is 5.87. The van der Waals surface area contributed by atoms with Crippen molar-refractivity contribution in [2.24, 2.45) is 0 Å². The average Bonchev–Trinajstić information content (AvgIpc) is 3.06. The van der Waals surface area contributed by atoms with Gasteiger partial charge in [-0.25, -0.2) is 14.6 Å². The van der Waals surface area contributed by atoms with Crippen molar-refractivity contribution in [3.8, 4) is 5.69 Å². The molecule has 3 aromatic rings. The molecule has 25 heavy (non-hydrogen) atoms. The molecule has 0 atom stereocenters. The van der Waals surface area contributed by atoms with Crippen LogP contribution in [0.1, 0.15) is 5.56 Å². The van der Waals surface area contributed by atoms with Crippen LogP contribution in [0.25, 0.3) is 16.7 Å². The van der Waals surface area contributed by atoms with E-state index in [0.29, 0.717) is 13.2 Å². The summed E-state index contributed by atoms with van der Waals surface area (Å²) in [6, 6.07) is 8.19. The van der Waals surface area contributed by atoms with Gasteiger partial charge in [0.2, 0.25) is 0 Å². The van der Waals surface area contributed by atoms with Crippen LogP contribution in [0.4, 0.5) is 5.82 Å². The van der Waals surface area contributed by atoms with E-state index in [-0.39, 0.29) is 0 Å².